The van der Waals surface area contributed by atoms with Crippen molar-refractivity contribution in [3.05, 3.63) is 60.2 Å². The molecule has 2 saturated carbocycles. The second-order valence-corrected chi connectivity index (χ2v) is 7.74. The summed E-state index contributed by atoms with van der Waals surface area (Å²) in [6, 6.07) is 18.4. The Bertz CT molecular complexity index is 756. The summed E-state index contributed by atoms with van der Waals surface area (Å²) in [6.07, 6.45) is 5.52. The Hall–Kier alpha value is -2.49. The van der Waals surface area contributed by atoms with Crippen molar-refractivity contribution in [2.24, 2.45) is 11.8 Å². The Balaban J connectivity index is 1.29. The minimum absolute atomic E-state index is 0.163. The number of carboxylic acids is 1. The molecule has 0 heterocycles. The van der Waals surface area contributed by atoms with Gasteiger partial charge in [0.05, 0.1) is 18.6 Å². The molecule has 2 aliphatic carbocycles. The summed E-state index contributed by atoms with van der Waals surface area (Å²) >= 11 is 0. The number of carbonyl (C=O) groups is 1. The zero-order valence-corrected chi connectivity index (χ0v) is 15.4. The highest BCUT2D eigenvalue weighted by molar-refractivity contribution is 5.73. The fourth-order valence-electron chi connectivity index (χ4n) is 4.02. The van der Waals surface area contributed by atoms with E-state index in [2.05, 4.69) is 12.1 Å². The molecule has 0 aromatic heterocycles. The van der Waals surface area contributed by atoms with E-state index in [1.807, 2.05) is 42.5 Å². The van der Waals surface area contributed by atoms with Gasteiger partial charge in [0.1, 0.15) is 11.5 Å². The van der Waals surface area contributed by atoms with E-state index in [0.717, 1.165) is 30.8 Å². The predicted molar refractivity (Wildman–Crippen MR) is 103 cm³/mol. The number of hydrogen-bond acceptors (Lipinski definition) is 3. The number of hydrogen-bond donors (Lipinski definition) is 1. The molecule has 0 bridgehead atoms. The molecule has 27 heavy (non-hydrogen) atoms. The molecule has 0 spiro atoms. The lowest BCUT2D eigenvalue weighted by atomic mass is 9.82. The molecule has 4 nitrogen and oxygen atoms in total. The number of aliphatic carboxylic acids is 1. The van der Waals surface area contributed by atoms with E-state index in [4.69, 9.17) is 14.6 Å². The van der Waals surface area contributed by atoms with E-state index >= 15 is 0 Å². The van der Waals surface area contributed by atoms with Gasteiger partial charge >= 0.3 is 5.97 Å². The molecule has 0 unspecified atom stereocenters. The first-order valence-electron chi connectivity index (χ1n) is 9.86. The van der Waals surface area contributed by atoms with Crippen molar-refractivity contribution >= 4 is 5.97 Å². The lowest BCUT2D eigenvalue weighted by Crippen LogP contribution is -2.24. The van der Waals surface area contributed by atoms with E-state index in [-0.39, 0.29) is 17.9 Å². The highest BCUT2D eigenvalue weighted by Crippen LogP contribution is 2.39. The van der Waals surface area contributed by atoms with Crippen LogP contribution in [0, 0.1) is 11.8 Å². The maximum absolute atomic E-state index is 10.9. The Labute approximate surface area is 160 Å². The standard InChI is InChI=1S/C23H26O4/c24-23(25)22-14-18(22)15-26-19-11-9-16(10-12-19)17-5-4-8-21(13-17)27-20-6-2-1-3-7-20/h1-3,6-7,9-12,17-18,21-22H,4-5,8,13-15H2,(H,24,25)/t17-,18-,21-,22+/m1/s1. The largest absolute Gasteiger partial charge is 0.493 e. The molecule has 4 atom stereocenters. The van der Waals surface area contributed by atoms with Gasteiger partial charge < -0.3 is 14.6 Å². The van der Waals surface area contributed by atoms with E-state index in [1.165, 1.54) is 18.4 Å². The van der Waals surface area contributed by atoms with Gasteiger partial charge in [-0.2, -0.15) is 0 Å². The lowest BCUT2D eigenvalue weighted by molar-refractivity contribution is -0.138. The van der Waals surface area contributed by atoms with Crippen LogP contribution in [0.4, 0.5) is 0 Å². The fourth-order valence-corrected chi connectivity index (χ4v) is 4.02. The van der Waals surface area contributed by atoms with Crippen molar-refractivity contribution in [1.82, 2.24) is 0 Å². The molecule has 2 fully saturated rings. The van der Waals surface area contributed by atoms with E-state index < -0.39 is 5.97 Å². The van der Waals surface area contributed by atoms with Crippen molar-refractivity contribution in [2.45, 2.75) is 44.1 Å². The number of carboxylic acid groups (broad SMARTS) is 1. The van der Waals surface area contributed by atoms with Gasteiger partial charge in [-0.05, 0) is 67.9 Å². The molecule has 4 rings (SSSR count). The third-order valence-electron chi connectivity index (χ3n) is 5.73. The third-order valence-corrected chi connectivity index (χ3v) is 5.73. The molecular formula is C23H26O4. The Morgan fingerprint density at radius 1 is 0.963 bits per heavy atom. The molecular weight excluding hydrogens is 340 g/mol. The van der Waals surface area contributed by atoms with Gasteiger partial charge in [0.15, 0.2) is 0 Å². The van der Waals surface area contributed by atoms with Crippen LogP contribution in [0.1, 0.15) is 43.6 Å². The summed E-state index contributed by atoms with van der Waals surface area (Å²) in [4.78, 5) is 10.9. The monoisotopic (exact) mass is 366 g/mol. The van der Waals surface area contributed by atoms with Gasteiger partial charge in [0.25, 0.3) is 0 Å². The number of benzene rings is 2. The molecule has 142 valence electrons. The van der Waals surface area contributed by atoms with Crippen molar-refractivity contribution in [3.8, 4) is 11.5 Å². The molecule has 2 aromatic rings. The van der Waals surface area contributed by atoms with Gasteiger partial charge in [-0.15, -0.1) is 0 Å². The molecule has 0 amide bonds. The van der Waals surface area contributed by atoms with Crippen LogP contribution < -0.4 is 9.47 Å². The first-order valence-corrected chi connectivity index (χ1v) is 9.86. The van der Waals surface area contributed by atoms with E-state index in [0.29, 0.717) is 12.5 Å². The van der Waals surface area contributed by atoms with Gasteiger partial charge in [-0.25, -0.2) is 0 Å². The van der Waals surface area contributed by atoms with Crippen molar-refractivity contribution in [1.29, 1.82) is 0 Å². The summed E-state index contributed by atoms with van der Waals surface area (Å²) in [7, 11) is 0. The van der Waals surface area contributed by atoms with Crippen molar-refractivity contribution < 1.29 is 19.4 Å². The third kappa shape index (κ3) is 4.62. The molecule has 2 aromatic carbocycles. The van der Waals surface area contributed by atoms with Gasteiger partial charge in [-0.3, -0.25) is 4.79 Å². The van der Waals surface area contributed by atoms with Crippen LogP contribution in [0.2, 0.25) is 0 Å². The summed E-state index contributed by atoms with van der Waals surface area (Å²) in [5.41, 5.74) is 1.33. The van der Waals surface area contributed by atoms with Crippen LogP contribution in [-0.4, -0.2) is 23.8 Å². The average molecular weight is 366 g/mol. The summed E-state index contributed by atoms with van der Waals surface area (Å²) < 4.78 is 11.9. The minimum atomic E-state index is -0.705. The maximum atomic E-state index is 10.9. The zero-order valence-electron chi connectivity index (χ0n) is 15.4. The Kier molecular flexibility index (Phi) is 5.33. The Morgan fingerprint density at radius 2 is 1.74 bits per heavy atom. The first kappa shape index (κ1) is 17.9. The van der Waals surface area contributed by atoms with Crippen molar-refractivity contribution in [3.63, 3.8) is 0 Å². The highest BCUT2D eigenvalue weighted by Gasteiger charge is 2.43. The number of para-hydroxylation sites is 1. The molecule has 4 heteroatoms. The molecule has 0 saturated heterocycles. The first-order chi connectivity index (χ1) is 13.2. The topological polar surface area (TPSA) is 55.8 Å². The van der Waals surface area contributed by atoms with Crippen LogP contribution in [0.15, 0.2) is 54.6 Å². The maximum Gasteiger partial charge on any atom is 0.306 e. The summed E-state index contributed by atoms with van der Waals surface area (Å²) in [6.45, 7) is 0.493. The lowest BCUT2D eigenvalue weighted by Gasteiger charge is -2.30. The van der Waals surface area contributed by atoms with E-state index in [9.17, 15) is 4.79 Å². The van der Waals surface area contributed by atoms with Crippen LogP contribution in [0.25, 0.3) is 0 Å². The smallest absolute Gasteiger partial charge is 0.306 e. The second kappa shape index (κ2) is 8.03. The number of ether oxygens (including phenoxy) is 2. The van der Waals surface area contributed by atoms with Crippen LogP contribution in [-0.2, 0) is 4.79 Å². The van der Waals surface area contributed by atoms with Crippen LogP contribution >= 0.6 is 0 Å². The molecule has 1 N–H and O–H groups in total. The Morgan fingerprint density at radius 3 is 2.44 bits per heavy atom. The highest BCUT2D eigenvalue weighted by atomic mass is 16.5. The average Bonchev–Trinajstić information content (AvgIpc) is 3.48. The van der Waals surface area contributed by atoms with Crippen LogP contribution in [0.3, 0.4) is 0 Å². The van der Waals surface area contributed by atoms with E-state index in [1.54, 1.807) is 0 Å². The fraction of sp³-hybridized carbons (Fsp3) is 0.435. The van der Waals surface area contributed by atoms with Crippen molar-refractivity contribution in [2.75, 3.05) is 6.61 Å². The minimum Gasteiger partial charge on any atom is -0.493 e. The molecule has 2 aliphatic rings. The SMILES string of the molecule is O=C(O)[C@H]1C[C@@H]1COc1ccc([C@@H]2CCC[C@@H](Oc3ccccc3)C2)cc1. The molecule has 0 radical (unpaired) electrons. The van der Waals surface area contributed by atoms with Crippen LogP contribution in [0.5, 0.6) is 11.5 Å². The summed E-state index contributed by atoms with van der Waals surface area (Å²) in [5.74, 6) is 1.53. The second-order valence-electron chi connectivity index (χ2n) is 7.74. The quantitative estimate of drug-likeness (QED) is 0.758. The summed E-state index contributed by atoms with van der Waals surface area (Å²) in [5, 5.41) is 8.95. The predicted octanol–water partition coefficient (Wildman–Crippen LogP) is 4.89. The van der Waals surface area contributed by atoms with Gasteiger partial charge in [-0.1, -0.05) is 30.3 Å². The molecule has 0 aliphatic heterocycles. The normalized spacial score (nSPS) is 27.0. The van der Waals surface area contributed by atoms with Gasteiger partial charge in [0.2, 0.25) is 0 Å². The van der Waals surface area contributed by atoms with Gasteiger partial charge in [0, 0.05) is 5.92 Å². The zero-order chi connectivity index (χ0) is 18.6. The number of rotatable bonds is 7.